The van der Waals surface area contributed by atoms with Crippen LogP contribution < -0.4 is 0 Å². The average molecular weight is 443 g/mol. The maximum absolute atomic E-state index is 12.2. The molecule has 0 fully saturated rings. The van der Waals surface area contributed by atoms with Crippen molar-refractivity contribution < 1.29 is 23.9 Å². The van der Waals surface area contributed by atoms with Gasteiger partial charge in [-0.15, -0.1) is 11.3 Å². The van der Waals surface area contributed by atoms with Gasteiger partial charge in [-0.05, 0) is 49.4 Å². The molecule has 5 nitrogen and oxygen atoms in total. The lowest BCUT2D eigenvalue weighted by atomic mass is 9.81. The number of thiophene rings is 1. The van der Waals surface area contributed by atoms with Gasteiger partial charge in [0.25, 0.3) is 0 Å². The summed E-state index contributed by atoms with van der Waals surface area (Å²) in [5.41, 5.74) is -1.13. The van der Waals surface area contributed by atoms with Gasteiger partial charge >= 0.3 is 5.97 Å². The van der Waals surface area contributed by atoms with Gasteiger partial charge in [-0.1, -0.05) is 34.6 Å². The van der Waals surface area contributed by atoms with Crippen LogP contribution in [0, 0.1) is 11.3 Å². The van der Waals surface area contributed by atoms with E-state index in [9.17, 15) is 14.7 Å². The van der Waals surface area contributed by atoms with E-state index in [2.05, 4.69) is 50.7 Å². The van der Waals surface area contributed by atoms with E-state index < -0.39 is 20.6 Å². The molecular weight excluding hydrogens is 404 g/mol. The fraction of sp³-hybridized carbons (Fsp3) is 0.727. The Hall–Kier alpha value is -1.02. The molecule has 0 aromatic carbocycles. The predicted molar refractivity (Wildman–Crippen MR) is 121 cm³/mol. The summed E-state index contributed by atoms with van der Waals surface area (Å²) in [6.07, 6.45) is 0.889. The second kappa shape index (κ2) is 10.8. The first kappa shape index (κ1) is 26.0. The van der Waals surface area contributed by atoms with Gasteiger partial charge in [0.2, 0.25) is 0 Å². The zero-order valence-electron chi connectivity index (χ0n) is 19.2. The molecule has 0 aliphatic heterocycles. The van der Waals surface area contributed by atoms with Crippen molar-refractivity contribution in [3.63, 3.8) is 0 Å². The Morgan fingerprint density at radius 1 is 1.21 bits per heavy atom. The largest absolute Gasteiger partial charge is 0.469 e. The van der Waals surface area contributed by atoms with Gasteiger partial charge in [0, 0.05) is 16.2 Å². The van der Waals surface area contributed by atoms with Crippen molar-refractivity contribution in [2.45, 2.75) is 85.1 Å². The molecular formula is C22H38O5SSi. The van der Waals surface area contributed by atoms with Crippen LogP contribution in [-0.4, -0.2) is 38.6 Å². The molecule has 7 heteroatoms. The summed E-state index contributed by atoms with van der Waals surface area (Å²) in [5, 5.41) is 11.1. The first-order valence-electron chi connectivity index (χ1n) is 10.3. The van der Waals surface area contributed by atoms with E-state index in [0.717, 1.165) is 0 Å². The fourth-order valence-electron chi connectivity index (χ4n) is 3.20. The van der Waals surface area contributed by atoms with Gasteiger partial charge in [-0.25, -0.2) is 0 Å². The van der Waals surface area contributed by atoms with Crippen molar-refractivity contribution in [2.24, 2.45) is 11.3 Å². The van der Waals surface area contributed by atoms with Crippen LogP contribution in [0.4, 0.5) is 0 Å². The molecule has 166 valence electrons. The molecule has 0 spiro atoms. The number of hydrogen-bond donors (Lipinski definition) is 1. The summed E-state index contributed by atoms with van der Waals surface area (Å²) < 4.78 is 10.9. The topological polar surface area (TPSA) is 72.8 Å². The minimum absolute atomic E-state index is 0.0123. The molecule has 0 saturated carbocycles. The van der Waals surface area contributed by atoms with Crippen LogP contribution in [0.1, 0.15) is 69.7 Å². The maximum atomic E-state index is 12.2. The summed E-state index contributed by atoms with van der Waals surface area (Å²) in [7, 11) is 0.0728. The normalized spacial score (nSPS) is 15.4. The monoisotopic (exact) mass is 442 g/mol. The Kier molecular flexibility index (Phi) is 9.72. The Morgan fingerprint density at radius 2 is 1.83 bits per heavy atom. The molecule has 0 amide bonds. The second-order valence-corrected chi connectivity index (χ2v) is 13.0. The molecule has 1 aromatic rings. The molecule has 1 heterocycles. The molecule has 2 unspecified atom stereocenters. The van der Waals surface area contributed by atoms with Crippen LogP contribution in [-0.2, 0) is 25.2 Å². The smallest absolute Gasteiger partial charge is 0.313 e. The summed E-state index contributed by atoms with van der Waals surface area (Å²) in [4.78, 5) is 25.9. The first-order valence-corrected chi connectivity index (χ1v) is 13.9. The van der Waals surface area contributed by atoms with Crippen molar-refractivity contribution in [2.75, 3.05) is 7.11 Å². The highest BCUT2D eigenvalue weighted by Crippen LogP contribution is 2.40. The van der Waals surface area contributed by atoms with Crippen molar-refractivity contribution in [3.8, 4) is 0 Å². The SMILES string of the molecule is COC(=O)CC(=O)CC(O)(CCc1ccc(C(O[SiH](C)C)C(C)(C)C)s1)C(C)C. The standard InChI is InChI=1S/C22H38O5SSi/c1-15(2)22(25,14-16(23)13-19(24)26-6)12-11-17-9-10-18(28-17)20(21(3,4)5)27-29(7)8/h9-10,15,20,25,29H,11-14H2,1-8H3. The van der Waals surface area contributed by atoms with E-state index in [4.69, 9.17) is 4.43 Å². The van der Waals surface area contributed by atoms with Crippen LogP contribution in [0.15, 0.2) is 12.1 Å². The minimum atomic E-state index is -1.19. The van der Waals surface area contributed by atoms with Crippen LogP contribution in [0.3, 0.4) is 0 Å². The number of aryl methyl sites for hydroxylation is 1. The molecule has 0 radical (unpaired) electrons. The first-order chi connectivity index (χ1) is 13.3. The lowest BCUT2D eigenvalue weighted by Gasteiger charge is -2.32. The zero-order chi connectivity index (χ0) is 22.4. The number of methoxy groups -OCH3 is 1. The minimum Gasteiger partial charge on any atom is -0.469 e. The summed E-state index contributed by atoms with van der Waals surface area (Å²) >= 11 is 1.72. The van der Waals surface area contributed by atoms with E-state index in [0.29, 0.717) is 12.8 Å². The lowest BCUT2D eigenvalue weighted by molar-refractivity contribution is -0.144. The van der Waals surface area contributed by atoms with Crippen LogP contribution in [0.5, 0.6) is 0 Å². The van der Waals surface area contributed by atoms with E-state index >= 15 is 0 Å². The molecule has 0 aliphatic carbocycles. The molecule has 1 aromatic heterocycles. The van der Waals surface area contributed by atoms with E-state index in [1.54, 1.807) is 11.3 Å². The van der Waals surface area contributed by atoms with E-state index in [1.165, 1.54) is 16.9 Å². The number of esters is 1. The maximum Gasteiger partial charge on any atom is 0.313 e. The fourth-order valence-corrected chi connectivity index (χ4v) is 5.69. The number of carbonyl (C=O) groups excluding carboxylic acids is 2. The van der Waals surface area contributed by atoms with Crippen molar-refractivity contribution in [1.29, 1.82) is 0 Å². The Labute approximate surface area is 181 Å². The molecule has 0 aliphatic rings. The van der Waals surface area contributed by atoms with Gasteiger partial charge in [-0.2, -0.15) is 0 Å². The van der Waals surface area contributed by atoms with Gasteiger partial charge < -0.3 is 14.3 Å². The summed E-state index contributed by atoms with van der Waals surface area (Å²) in [6.45, 7) is 14.8. The highest BCUT2D eigenvalue weighted by Gasteiger charge is 2.34. The molecule has 0 bridgehead atoms. The predicted octanol–water partition coefficient (Wildman–Crippen LogP) is 4.68. The van der Waals surface area contributed by atoms with Crippen molar-refractivity contribution in [1.82, 2.24) is 0 Å². The van der Waals surface area contributed by atoms with Gasteiger partial charge in [-0.3, -0.25) is 9.59 Å². The third kappa shape index (κ3) is 8.32. The van der Waals surface area contributed by atoms with Crippen LogP contribution in [0.2, 0.25) is 13.1 Å². The van der Waals surface area contributed by atoms with Gasteiger partial charge in [0.05, 0.1) is 18.8 Å². The number of ether oxygens (including phenoxy) is 1. The Balaban J connectivity index is 2.86. The number of carbonyl (C=O) groups is 2. The highest BCUT2D eigenvalue weighted by molar-refractivity contribution is 7.12. The van der Waals surface area contributed by atoms with Crippen LogP contribution in [0.25, 0.3) is 0 Å². The third-order valence-corrected chi connectivity index (χ3v) is 7.09. The Morgan fingerprint density at radius 3 is 2.31 bits per heavy atom. The number of Topliss-reactive ketones (excluding diaryl/α,β-unsaturated/α-hetero) is 1. The molecule has 0 saturated heterocycles. The van der Waals surface area contributed by atoms with Crippen molar-refractivity contribution >= 4 is 32.1 Å². The molecule has 2 atom stereocenters. The van der Waals surface area contributed by atoms with E-state index in [1.807, 2.05) is 13.8 Å². The van der Waals surface area contributed by atoms with Crippen LogP contribution >= 0.6 is 11.3 Å². The summed E-state index contributed by atoms with van der Waals surface area (Å²) in [6, 6.07) is 4.23. The quantitative estimate of drug-likeness (QED) is 0.306. The molecule has 1 N–H and O–H groups in total. The van der Waals surface area contributed by atoms with Crippen molar-refractivity contribution in [3.05, 3.63) is 21.9 Å². The van der Waals surface area contributed by atoms with Gasteiger partial charge in [0.15, 0.2) is 9.04 Å². The lowest BCUT2D eigenvalue weighted by Crippen LogP contribution is -2.38. The number of rotatable bonds is 11. The number of aliphatic hydroxyl groups is 1. The van der Waals surface area contributed by atoms with Gasteiger partial charge in [0.1, 0.15) is 12.2 Å². The average Bonchev–Trinajstić information content (AvgIpc) is 3.04. The highest BCUT2D eigenvalue weighted by atomic mass is 32.1. The second-order valence-electron chi connectivity index (χ2n) is 9.46. The molecule has 29 heavy (non-hydrogen) atoms. The third-order valence-electron chi connectivity index (χ3n) is 5.09. The number of ketones is 1. The number of hydrogen-bond acceptors (Lipinski definition) is 6. The Bertz CT molecular complexity index is 677. The zero-order valence-corrected chi connectivity index (χ0v) is 21.2. The van der Waals surface area contributed by atoms with E-state index in [-0.39, 0.29) is 36.1 Å². The summed E-state index contributed by atoms with van der Waals surface area (Å²) in [5.74, 6) is -0.949. The molecule has 1 rings (SSSR count).